The predicted octanol–water partition coefficient (Wildman–Crippen LogP) is 0.705. The van der Waals surface area contributed by atoms with Gasteiger partial charge in [0.25, 0.3) is 11.9 Å². The largest absolute Gasteiger partial charge is 0.490 e. The summed E-state index contributed by atoms with van der Waals surface area (Å²) in [5, 5.41) is 9.13. The number of fused-ring (bicyclic) bond motifs is 2. The molecule has 2 aromatic rings. The normalized spacial score (nSPS) is 20.1. The van der Waals surface area contributed by atoms with Gasteiger partial charge in [0.2, 0.25) is 0 Å². The third-order valence-corrected chi connectivity index (χ3v) is 6.75. The number of carbonyl (C=O) groups excluding carboxylic acids is 1. The highest BCUT2D eigenvalue weighted by molar-refractivity contribution is 6.03. The number of benzene rings is 1. The number of aryl methyl sites for hydroxylation is 2. The molecule has 32 heavy (non-hydrogen) atoms. The number of carbonyl (C=O) groups is 1. The molecular formula is C24H26N5O3+. The van der Waals surface area contributed by atoms with Crippen molar-refractivity contribution in [3.8, 4) is 11.8 Å². The lowest BCUT2D eigenvalue weighted by Crippen LogP contribution is -2.78. The second kappa shape index (κ2) is 7.83. The molecule has 2 aliphatic heterocycles. The van der Waals surface area contributed by atoms with E-state index < -0.39 is 6.04 Å². The Balaban J connectivity index is 1.72. The zero-order valence-corrected chi connectivity index (χ0v) is 18.3. The maximum absolute atomic E-state index is 13.0. The van der Waals surface area contributed by atoms with Gasteiger partial charge in [-0.1, -0.05) is 6.42 Å². The highest BCUT2D eigenvalue weighted by Gasteiger charge is 2.39. The SMILES string of the molecule is CN1C=C(c2ccc3c(c2OCC2CCC2)n(CCC#N)c(=O)n3C)C2=CC=[NH+]C2C1=O. The Hall–Kier alpha value is -3.60. The maximum Gasteiger partial charge on any atom is 0.328 e. The van der Waals surface area contributed by atoms with Crippen LogP contribution in [-0.2, 0) is 18.4 Å². The number of imidazole rings is 1. The summed E-state index contributed by atoms with van der Waals surface area (Å²) in [6, 6.07) is 5.60. The molecule has 1 unspecified atom stereocenters. The smallest absolute Gasteiger partial charge is 0.328 e. The van der Waals surface area contributed by atoms with Gasteiger partial charge in [0.15, 0.2) is 12.0 Å². The lowest BCUT2D eigenvalue weighted by atomic mass is 9.86. The third-order valence-electron chi connectivity index (χ3n) is 6.75. The fourth-order valence-electron chi connectivity index (χ4n) is 4.69. The Bertz CT molecular complexity index is 1300. The summed E-state index contributed by atoms with van der Waals surface area (Å²) in [6.45, 7) is 0.885. The molecule has 1 atom stereocenters. The van der Waals surface area contributed by atoms with Crippen LogP contribution in [0.25, 0.3) is 16.6 Å². The van der Waals surface area contributed by atoms with Crippen molar-refractivity contribution in [2.45, 2.75) is 38.3 Å². The number of ether oxygens (including phenoxy) is 1. The van der Waals surface area contributed by atoms with Crippen LogP contribution in [0.3, 0.4) is 0 Å². The highest BCUT2D eigenvalue weighted by atomic mass is 16.5. The lowest BCUT2D eigenvalue weighted by molar-refractivity contribution is -0.467. The van der Waals surface area contributed by atoms with Crippen LogP contribution in [0.5, 0.6) is 5.75 Å². The van der Waals surface area contributed by atoms with Gasteiger partial charge in [0, 0.05) is 49.6 Å². The molecule has 1 saturated carbocycles. The Morgan fingerprint density at radius 3 is 2.78 bits per heavy atom. The van der Waals surface area contributed by atoms with E-state index in [0.717, 1.165) is 35.1 Å². The maximum atomic E-state index is 13.0. The number of hydrogen-bond acceptors (Lipinski definition) is 4. The molecule has 0 bridgehead atoms. The minimum Gasteiger partial charge on any atom is -0.490 e. The standard InChI is InChI=1S/C24H25N5O3/c1-27-13-18(16-9-11-26-20(16)23(27)30)17-7-8-19-21(22(17)32-14-15-5-3-6-15)29(12-4-10-25)24(31)28(19)2/h7-9,11,13,15,20H,3-6,12,14H2,1-2H3/p+1. The molecule has 1 aromatic heterocycles. The van der Waals surface area contributed by atoms with Crippen molar-refractivity contribution in [3.63, 3.8) is 0 Å². The number of aromatic nitrogens is 2. The van der Waals surface area contributed by atoms with Gasteiger partial charge in [-0.25, -0.2) is 9.79 Å². The highest BCUT2D eigenvalue weighted by Crippen LogP contribution is 2.40. The summed E-state index contributed by atoms with van der Waals surface area (Å²) in [5.41, 5.74) is 3.94. The van der Waals surface area contributed by atoms with E-state index in [0.29, 0.717) is 30.3 Å². The first-order valence-electron chi connectivity index (χ1n) is 11.0. The van der Waals surface area contributed by atoms with Crippen LogP contribution in [0.15, 0.2) is 34.8 Å². The van der Waals surface area contributed by atoms with E-state index in [2.05, 4.69) is 11.1 Å². The van der Waals surface area contributed by atoms with Gasteiger partial charge in [-0.2, -0.15) is 5.26 Å². The quantitative estimate of drug-likeness (QED) is 0.727. The van der Waals surface area contributed by atoms with Gasteiger partial charge in [-0.15, -0.1) is 0 Å². The topological polar surface area (TPSA) is 94.2 Å². The monoisotopic (exact) mass is 432 g/mol. The molecule has 3 aliphatic rings. The molecule has 8 nitrogen and oxygen atoms in total. The summed E-state index contributed by atoms with van der Waals surface area (Å²) >= 11 is 0. The van der Waals surface area contributed by atoms with E-state index in [1.54, 1.807) is 34.3 Å². The molecule has 1 fully saturated rings. The molecule has 1 aromatic carbocycles. The van der Waals surface area contributed by atoms with Gasteiger partial charge >= 0.3 is 5.69 Å². The van der Waals surface area contributed by atoms with Gasteiger partial charge in [-0.3, -0.25) is 13.9 Å². The van der Waals surface area contributed by atoms with Gasteiger partial charge in [0.1, 0.15) is 5.52 Å². The number of allylic oxidation sites excluding steroid dienone is 1. The Morgan fingerprint density at radius 1 is 1.25 bits per heavy atom. The lowest BCUT2D eigenvalue weighted by Gasteiger charge is -2.28. The molecule has 3 heterocycles. The molecular weight excluding hydrogens is 406 g/mol. The molecule has 8 heteroatoms. The van der Waals surface area contributed by atoms with Crippen LogP contribution in [0.2, 0.25) is 0 Å². The molecule has 5 rings (SSSR count). The molecule has 1 N–H and O–H groups in total. The van der Waals surface area contributed by atoms with E-state index in [-0.39, 0.29) is 18.0 Å². The minimum atomic E-state index is -0.424. The van der Waals surface area contributed by atoms with Crippen molar-refractivity contribution >= 4 is 28.7 Å². The van der Waals surface area contributed by atoms with E-state index in [1.807, 2.05) is 24.4 Å². The second-order valence-corrected chi connectivity index (χ2v) is 8.70. The van der Waals surface area contributed by atoms with Crippen LogP contribution in [0.4, 0.5) is 0 Å². The van der Waals surface area contributed by atoms with Crippen LogP contribution in [0.1, 0.15) is 31.2 Å². The Morgan fingerprint density at radius 2 is 2.06 bits per heavy atom. The Kier molecular flexibility index (Phi) is 4.97. The minimum absolute atomic E-state index is 0.0163. The molecule has 0 spiro atoms. The summed E-state index contributed by atoms with van der Waals surface area (Å²) in [6.07, 6.45) is 9.30. The van der Waals surface area contributed by atoms with E-state index in [4.69, 9.17) is 10.00 Å². The van der Waals surface area contributed by atoms with E-state index in [1.165, 1.54) is 6.42 Å². The van der Waals surface area contributed by atoms with Gasteiger partial charge in [0.05, 0.1) is 24.6 Å². The third kappa shape index (κ3) is 3.08. The number of likely N-dealkylation sites (N-methyl/N-ethyl adjacent to an activating group) is 1. The van der Waals surface area contributed by atoms with E-state index in [9.17, 15) is 9.59 Å². The number of amides is 1. The second-order valence-electron chi connectivity index (χ2n) is 8.70. The zero-order valence-electron chi connectivity index (χ0n) is 18.3. The molecule has 0 saturated heterocycles. The number of nitrogens with zero attached hydrogens (tertiary/aromatic N) is 4. The van der Waals surface area contributed by atoms with Crippen LogP contribution in [0, 0.1) is 17.2 Å². The van der Waals surface area contributed by atoms with Crippen molar-refractivity contribution in [2.24, 2.45) is 13.0 Å². The van der Waals surface area contributed by atoms with Crippen LogP contribution >= 0.6 is 0 Å². The summed E-state index contributed by atoms with van der Waals surface area (Å²) < 4.78 is 9.69. The average Bonchev–Trinajstić information content (AvgIpc) is 3.33. The van der Waals surface area contributed by atoms with Crippen molar-refractivity contribution in [1.82, 2.24) is 14.0 Å². The van der Waals surface area contributed by atoms with E-state index >= 15 is 0 Å². The number of nitriles is 1. The first-order chi connectivity index (χ1) is 15.5. The predicted molar refractivity (Wildman–Crippen MR) is 120 cm³/mol. The van der Waals surface area contributed by atoms with Gasteiger partial charge < -0.3 is 9.64 Å². The average molecular weight is 433 g/mol. The van der Waals surface area contributed by atoms with Crippen molar-refractivity contribution in [1.29, 1.82) is 5.26 Å². The van der Waals surface area contributed by atoms with Crippen molar-refractivity contribution < 1.29 is 14.5 Å². The zero-order chi connectivity index (χ0) is 22.4. The molecule has 1 amide bonds. The number of rotatable bonds is 6. The molecule has 1 aliphatic carbocycles. The molecule has 0 radical (unpaired) electrons. The van der Waals surface area contributed by atoms with Crippen LogP contribution < -0.4 is 15.4 Å². The van der Waals surface area contributed by atoms with Crippen molar-refractivity contribution in [3.05, 3.63) is 46.0 Å². The number of nitrogens with one attached hydrogen (secondary N) is 1. The Labute approximate surface area is 185 Å². The van der Waals surface area contributed by atoms with Gasteiger partial charge in [-0.05, 0) is 30.9 Å². The summed E-state index contributed by atoms with van der Waals surface area (Å²) in [4.78, 5) is 30.3. The molecule has 164 valence electrons. The fraction of sp³-hybridized carbons (Fsp3) is 0.417. The van der Waals surface area contributed by atoms with Crippen molar-refractivity contribution in [2.75, 3.05) is 13.7 Å². The fourth-order valence-corrected chi connectivity index (χ4v) is 4.69. The first kappa shape index (κ1) is 20.3. The number of hydrogen-bond donors (Lipinski definition) is 1. The summed E-state index contributed by atoms with van der Waals surface area (Å²) in [7, 11) is 3.49. The van der Waals surface area contributed by atoms with Crippen LogP contribution in [-0.4, -0.2) is 45.9 Å². The summed E-state index contributed by atoms with van der Waals surface area (Å²) in [5.74, 6) is 1.14. The first-order valence-corrected chi connectivity index (χ1v) is 11.0.